The molecule has 2 heterocycles. The fraction of sp³-hybridized carbons (Fsp3) is 0.227. The third-order valence-electron chi connectivity index (χ3n) is 4.96. The summed E-state index contributed by atoms with van der Waals surface area (Å²) >= 11 is 6.50. The predicted molar refractivity (Wildman–Crippen MR) is 121 cm³/mol. The smallest absolute Gasteiger partial charge is 0.228 e. The van der Waals surface area contributed by atoms with E-state index in [2.05, 4.69) is 10.4 Å². The number of rotatable bonds is 6. The number of halogens is 1. The molecule has 0 amide bonds. The first-order valence-electron chi connectivity index (χ1n) is 9.65. The van der Waals surface area contributed by atoms with E-state index in [9.17, 15) is 8.42 Å². The van der Waals surface area contributed by atoms with E-state index in [1.165, 1.54) is 4.41 Å². The van der Waals surface area contributed by atoms with Gasteiger partial charge in [0.1, 0.15) is 16.7 Å². The highest BCUT2D eigenvalue weighted by Crippen LogP contribution is 2.37. The summed E-state index contributed by atoms with van der Waals surface area (Å²) in [6.07, 6.45) is 2.97. The predicted octanol–water partition coefficient (Wildman–Crippen LogP) is 4.16. The summed E-state index contributed by atoms with van der Waals surface area (Å²) < 4.78 is 37.0. The van der Waals surface area contributed by atoms with E-state index in [4.69, 9.17) is 21.1 Å². The molecule has 9 heteroatoms. The van der Waals surface area contributed by atoms with Crippen LogP contribution in [-0.2, 0) is 10.0 Å². The topological polar surface area (TPSA) is 80.8 Å². The Morgan fingerprint density at radius 3 is 2.48 bits per heavy atom. The molecular formula is C22H22ClN3O4S. The van der Waals surface area contributed by atoms with Gasteiger partial charge in [0.15, 0.2) is 0 Å². The third-order valence-corrected chi connectivity index (χ3v) is 6.30. The van der Waals surface area contributed by atoms with Gasteiger partial charge in [0.25, 0.3) is 0 Å². The number of benzene rings is 2. The molecule has 162 valence electrons. The van der Waals surface area contributed by atoms with Crippen LogP contribution in [-0.4, -0.2) is 37.8 Å². The zero-order chi connectivity index (χ0) is 22.2. The van der Waals surface area contributed by atoms with Crippen molar-refractivity contribution in [3.05, 3.63) is 70.9 Å². The summed E-state index contributed by atoms with van der Waals surface area (Å²) in [5.41, 5.74) is 5.74. The fourth-order valence-electron chi connectivity index (χ4n) is 3.50. The molecule has 0 radical (unpaired) electrons. The van der Waals surface area contributed by atoms with Gasteiger partial charge < -0.3 is 14.9 Å². The van der Waals surface area contributed by atoms with Crippen molar-refractivity contribution in [1.29, 1.82) is 0 Å². The van der Waals surface area contributed by atoms with Crippen LogP contribution in [0.1, 0.15) is 24.1 Å². The molecule has 0 fully saturated rings. The minimum atomic E-state index is -3.61. The SMILES string of the molecule is CCOc1ccc2nc(Cl)c([C@@H]3C=C(c4ccc(OC)cc4)NN3S(C)(=O)=O)cc2c1. The molecule has 31 heavy (non-hydrogen) atoms. The van der Waals surface area contributed by atoms with Crippen molar-refractivity contribution in [2.45, 2.75) is 13.0 Å². The Kier molecular flexibility index (Phi) is 5.79. The van der Waals surface area contributed by atoms with Crippen LogP contribution in [0.2, 0.25) is 5.15 Å². The second kappa shape index (κ2) is 8.37. The standard InChI is InChI=1S/C22H22ClN3O4S/c1-4-30-17-9-10-19-15(11-17)12-18(22(23)24-19)21-13-20(25-26(21)31(3,27)28)14-5-7-16(29-2)8-6-14/h5-13,21,25H,4H2,1-3H3/t21-/m0/s1. The Balaban J connectivity index is 1.80. The van der Waals surface area contributed by atoms with Gasteiger partial charge >= 0.3 is 0 Å². The summed E-state index contributed by atoms with van der Waals surface area (Å²) in [7, 11) is -2.01. The zero-order valence-corrected chi connectivity index (χ0v) is 18.9. The van der Waals surface area contributed by atoms with Crippen LogP contribution in [0.25, 0.3) is 16.6 Å². The van der Waals surface area contributed by atoms with E-state index in [-0.39, 0.29) is 5.15 Å². The third kappa shape index (κ3) is 4.32. The fourth-order valence-corrected chi connectivity index (χ4v) is 4.61. The first kappa shape index (κ1) is 21.4. The monoisotopic (exact) mass is 459 g/mol. The van der Waals surface area contributed by atoms with E-state index in [1.807, 2.05) is 61.5 Å². The van der Waals surface area contributed by atoms with Crippen LogP contribution in [0, 0.1) is 0 Å². The van der Waals surface area contributed by atoms with Crippen LogP contribution < -0.4 is 14.9 Å². The molecule has 0 aliphatic carbocycles. The molecule has 7 nitrogen and oxygen atoms in total. The summed E-state index contributed by atoms with van der Waals surface area (Å²) in [6.45, 7) is 2.46. The summed E-state index contributed by atoms with van der Waals surface area (Å²) in [6, 6.07) is 14.1. The maximum Gasteiger partial charge on any atom is 0.228 e. The molecule has 1 aromatic heterocycles. The van der Waals surface area contributed by atoms with E-state index in [0.717, 1.165) is 17.2 Å². The average Bonchev–Trinajstić information content (AvgIpc) is 3.19. The van der Waals surface area contributed by atoms with Crippen molar-refractivity contribution >= 4 is 38.2 Å². The minimum Gasteiger partial charge on any atom is -0.497 e. The number of hydrazine groups is 1. The Labute approximate surface area is 186 Å². The molecule has 1 aliphatic heterocycles. The number of nitrogens with zero attached hydrogens (tertiary/aromatic N) is 2. The molecule has 0 bridgehead atoms. The average molecular weight is 460 g/mol. The normalized spacial score (nSPS) is 16.8. The van der Waals surface area contributed by atoms with Gasteiger partial charge in [-0.25, -0.2) is 13.4 Å². The van der Waals surface area contributed by atoms with Crippen LogP contribution in [0.3, 0.4) is 0 Å². The largest absolute Gasteiger partial charge is 0.497 e. The second-order valence-corrected chi connectivity index (χ2v) is 9.30. The summed E-state index contributed by atoms with van der Waals surface area (Å²) in [4.78, 5) is 4.47. The highest BCUT2D eigenvalue weighted by atomic mass is 35.5. The Morgan fingerprint density at radius 1 is 1.13 bits per heavy atom. The maximum absolute atomic E-state index is 12.5. The number of hydrogen-bond acceptors (Lipinski definition) is 6. The number of pyridine rings is 1. The number of aromatic nitrogens is 1. The number of nitrogens with one attached hydrogen (secondary N) is 1. The van der Waals surface area contributed by atoms with Crippen molar-refractivity contribution < 1.29 is 17.9 Å². The van der Waals surface area contributed by atoms with Crippen LogP contribution >= 0.6 is 11.6 Å². The Hall–Kier alpha value is -2.81. The van der Waals surface area contributed by atoms with Crippen LogP contribution in [0.4, 0.5) is 0 Å². The molecule has 1 aliphatic rings. The van der Waals surface area contributed by atoms with Crippen molar-refractivity contribution in [3.8, 4) is 11.5 Å². The number of ether oxygens (including phenoxy) is 2. The lowest BCUT2D eigenvalue weighted by Gasteiger charge is -2.23. The molecule has 1 atom stereocenters. The lowest BCUT2D eigenvalue weighted by atomic mass is 10.0. The number of sulfonamides is 1. The van der Waals surface area contributed by atoms with Gasteiger partial charge in [0.05, 0.1) is 37.2 Å². The Morgan fingerprint density at radius 2 is 1.84 bits per heavy atom. The lowest BCUT2D eigenvalue weighted by Crippen LogP contribution is -2.38. The highest BCUT2D eigenvalue weighted by Gasteiger charge is 2.35. The van der Waals surface area contributed by atoms with Crippen molar-refractivity contribution in [1.82, 2.24) is 14.8 Å². The lowest BCUT2D eigenvalue weighted by molar-refractivity contribution is 0.340. The summed E-state index contributed by atoms with van der Waals surface area (Å²) in [5.74, 6) is 1.43. The molecule has 0 unspecified atom stereocenters. The first-order valence-corrected chi connectivity index (χ1v) is 11.9. The van der Waals surface area contributed by atoms with Gasteiger partial charge in [0.2, 0.25) is 10.0 Å². The molecule has 3 aromatic rings. The molecule has 1 N–H and O–H groups in total. The zero-order valence-electron chi connectivity index (χ0n) is 17.3. The van der Waals surface area contributed by atoms with Crippen molar-refractivity contribution in [3.63, 3.8) is 0 Å². The van der Waals surface area contributed by atoms with Crippen LogP contribution in [0.5, 0.6) is 11.5 Å². The van der Waals surface area contributed by atoms with Gasteiger partial charge in [0, 0.05) is 10.9 Å². The molecule has 4 rings (SSSR count). The van der Waals surface area contributed by atoms with E-state index in [1.54, 1.807) is 7.11 Å². The van der Waals surface area contributed by atoms with Crippen molar-refractivity contribution in [2.75, 3.05) is 20.0 Å². The number of fused-ring (bicyclic) bond motifs is 1. The van der Waals surface area contributed by atoms with E-state index in [0.29, 0.717) is 34.9 Å². The van der Waals surface area contributed by atoms with Gasteiger partial charge in [-0.3, -0.25) is 0 Å². The van der Waals surface area contributed by atoms with Gasteiger partial charge in [-0.15, -0.1) is 4.41 Å². The van der Waals surface area contributed by atoms with Crippen molar-refractivity contribution in [2.24, 2.45) is 0 Å². The van der Waals surface area contributed by atoms with Crippen LogP contribution in [0.15, 0.2) is 54.6 Å². The quantitative estimate of drug-likeness (QED) is 0.557. The van der Waals surface area contributed by atoms with E-state index < -0.39 is 16.1 Å². The molecule has 2 aromatic carbocycles. The minimum absolute atomic E-state index is 0.240. The molecular weight excluding hydrogens is 438 g/mol. The Bertz CT molecular complexity index is 1260. The number of methoxy groups -OCH3 is 1. The molecule has 0 spiro atoms. The number of hydrogen-bond donors (Lipinski definition) is 1. The van der Waals surface area contributed by atoms with Gasteiger partial charge in [-0.1, -0.05) is 11.6 Å². The van der Waals surface area contributed by atoms with E-state index >= 15 is 0 Å². The van der Waals surface area contributed by atoms with Gasteiger partial charge in [-0.2, -0.15) is 0 Å². The molecule has 0 saturated heterocycles. The highest BCUT2D eigenvalue weighted by molar-refractivity contribution is 7.88. The maximum atomic E-state index is 12.5. The first-order chi connectivity index (χ1) is 14.8. The molecule has 0 saturated carbocycles. The van der Waals surface area contributed by atoms with Gasteiger partial charge in [-0.05, 0) is 67.1 Å². The second-order valence-electron chi connectivity index (χ2n) is 7.08. The summed E-state index contributed by atoms with van der Waals surface area (Å²) in [5, 5.41) is 1.05.